The van der Waals surface area contributed by atoms with E-state index in [2.05, 4.69) is 15.4 Å². The number of hydrogen-bond acceptors (Lipinski definition) is 5. The second-order valence-corrected chi connectivity index (χ2v) is 3.89. The molecule has 0 aliphatic rings. The average Bonchev–Trinajstić information content (AvgIpc) is 2.42. The topological polar surface area (TPSA) is 76.7 Å². The summed E-state index contributed by atoms with van der Waals surface area (Å²) in [6.07, 6.45) is 0. The number of benzene rings is 1. The first kappa shape index (κ1) is 14.8. The number of hydrogen-bond donors (Lipinski definition) is 2. The van der Waals surface area contributed by atoms with Crippen molar-refractivity contribution < 1.29 is 19.1 Å². The summed E-state index contributed by atoms with van der Waals surface area (Å²) < 4.78 is 9.72. The summed E-state index contributed by atoms with van der Waals surface area (Å²) in [6.45, 7) is 1.58. The zero-order chi connectivity index (χ0) is 14.3. The maximum atomic E-state index is 11.5. The van der Waals surface area contributed by atoms with E-state index in [9.17, 15) is 9.59 Å². The van der Waals surface area contributed by atoms with Gasteiger partial charge in [0.2, 0.25) is 5.91 Å². The van der Waals surface area contributed by atoms with Crippen LogP contribution in [0.15, 0.2) is 24.3 Å². The van der Waals surface area contributed by atoms with E-state index < -0.39 is 12.0 Å². The minimum absolute atomic E-state index is 0.236. The standard InChI is InChI=1S/C13H18N2O4/c1-9(16)15-12(13(17)19-3)8-14-10-5-4-6-11(7-10)18-2/h4-7,12,14H,8H2,1-3H3,(H,15,16). The minimum Gasteiger partial charge on any atom is -0.497 e. The smallest absolute Gasteiger partial charge is 0.330 e. The molecule has 19 heavy (non-hydrogen) atoms. The van der Waals surface area contributed by atoms with Crippen LogP contribution in [0.1, 0.15) is 6.92 Å². The van der Waals surface area contributed by atoms with Crippen LogP contribution < -0.4 is 15.4 Å². The van der Waals surface area contributed by atoms with Gasteiger partial charge in [0.05, 0.1) is 14.2 Å². The third-order valence-electron chi connectivity index (χ3n) is 2.44. The molecule has 2 N–H and O–H groups in total. The number of amides is 1. The molecule has 1 aromatic carbocycles. The maximum Gasteiger partial charge on any atom is 0.330 e. The van der Waals surface area contributed by atoms with E-state index in [0.29, 0.717) is 5.75 Å². The van der Waals surface area contributed by atoms with Crippen molar-refractivity contribution in [1.29, 1.82) is 0 Å². The highest BCUT2D eigenvalue weighted by molar-refractivity contribution is 5.83. The molecule has 0 aliphatic heterocycles. The number of ether oxygens (including phenoxy) is 2. The van der Waals surface area contributed by atoms with Crippen molar-refractivity contribution in [2.75, 3.05) is 26.1 Å². The molecule has 0 aliphatic carbocycles. The van der Waals surface area contributed by atoms with Crippen LogP contribution in [0.3, 0.4) is 0 Å². The van der Waals surface area contributed by atoms with Crippen LogP contribution in [0.25, 0.3) is 0 Å². The molecule has 0 fully saturated rings. The second-order valence-electron chi connectivity index (χ2n) is 3.89. The Kier molecular flexibility index (Phi) is 5.66. The number of nitrogens with one attached hydrogen (secondary N) is 2. The van der Waals surface area contributed by atoms with E-state index in [4.69, 9.17) is 4.74 Å². The lowest BCUT2D eigenvalue weighted by molar-refractivity contribution is -0.144. The molecule has 0 aromatic heterocycles. The largest absolute Gasteiger partial charge is 0.497 e. The number of anilines is 1. The fourth-order valence-corrected chi connectivity index (χ4v) is 1.53. The molecule has 1 unspecified atom stereocenters. The van der Waals surface area contributed by atoms with Crippen LogP contribution in [0, 0.1) is 0 Å². The van der Waals surface area contributed by atoms with Crippen LogP contribution in [0.4, 0.5) is 5.69 Å². The summed E-state index contributed by atoms with van der Waals surface area (Å²) in [4.78, 5) is 22.5. The fraction of sp³-hybridized carbons (Fsp3) is 0.385. The van der Waals surface area contributed by atoms with Gasteiger partial charge in [0.15, 0.2) is 0 Å². The summed E-state index contributed by atoms with van der Waals surface area (Å²) in [5.41, 5.74) is 0.790. The molecule has 0 spiro atoms. The second kappa shape index (κ2) is 7.25. The van der Waals surface area contributed by atoms with Crippen LogP contribution in [0.2, 0.25) is 0 Å². The van der Waals surface area contributed by atoms with Crippen LogP contribution in [-0.4, -0.2) is 38.7 Å². The molecule has 1 amide bonds. The van der Waals surface area contributed by atoms with Gasteiger partial charge < -0.3 is 20.1 Å². The van der Waals surface area contributed by atoms with Gasteiger partial charge in [-0.2, -0.15) is 0 Å². The first-order chi connectivity index (χ1) is 9.06. The van der Waals surface area contributed by atoms with Crippen LogP contribution >= 0.6 is 0 Å². The van der Waals surface area contributed by atoms with E-state index >= 15 is 0 Å². The summed E-state index contributed by atoms with van der Waals surface area (Å²) in [5.74, 6) is -0.0763. The van der Waals surface area contributed by atoms with Gasteiger partial charge in [-0.15, -0.1) is 0 Å². The van der Waals surface area contributed by atoms with Gasteiger partial charge in [0.1, 0.15) is 11.8 Å². The van der Waals surface area contributed by atoms with Crippen molar-refractivity contribution in [2.45, 2.75) is 13.0 Å². The highest BCUT2D eigenvalue weighted by Crippen LogP contribution is 2.16. The number of rotatable bonds is 6. The summed E-state index contributed by atoms with van der Waals surface area (Å²) in [7, 11) is 2.86. The van der Waals surface area contributed by atoms with Gasteiger partial charge >= 0.3 is 5.97 Å². The molecule has 0 bridgehead atoms. The van der Waals surface area contributed by atoms with Gasteiger partial charge in [-0.3, -0.25) is 4.79 Å². The fourth-order valence-electron chi connectivity index (χ4n) is 1.53. The Labute approximate surface area is 112 Å². The monoisotopic (exact) mass is 266 g/mol. The van der Waals surface area contributed by atoms with Gasteiger partial charge in [0.25, 0.3) is 0 Å². The lowest BCUT2D eigenvalue weighted by Gasteiger charge is -2.17. The van der Waals surface area contributed by atoms with E-state index in [1.165, 1.54) is 14.0 Å². The maximum absolute atomic E-state index is 11.5. The van der Waals surface area contributed by atoms with E-state index in [1.54, 1.807) is 13.2 Å². The molecule has 0 saturated carbocycles. The Balaban J connectivity index is 2.64. The van der Waals surface area contributed by atoms with Gasteiger partial charge in [-0.25, -0.2) is 4.79 Å². The predicted octanol–water partition coefficient (Wildman–Crippen LogP) is 0.785. The third kappa shape index (κ3) is 4.87. The van der Waals surface area contributed by atoms with Crippen molar-refractivity contribution in [2.24, 2.45) is 0 Å². The van der Waals surface area contributed by atoms with E-state index in [0.717, 1.165) is 5.69 Å². The Morgan fingerprint density at radius 1 is 1.32 bits per heavy atom. The van der Waals surface area contributed by atoms with Gasteiger partial charge in [0, 0.05) is 25.2 Å². The van der Waals surface area contributed by atoms with Crippen LogP contribution in [0.5, 0.6) is 5.75 Å². The minimum atomic E-state index is -0.728. The lowest BCUT2D eigenvalue weighted by Crippen LogP contribution is -2.45. The van der Waals surface area contributed by atoms with Gasteiger partial charge in [-0.05, 0) is 12.1 Å². The molecule has 6 heteroatoms. The third-order valence-corrected chi connectivity index (χ3v) is 2.44. The molecule has 0 radical (unpaired) electrons. The Bertz CT molecular complexity index is 448. The summed E-state index contributed by atoms with van der Waals surface area (Å²) >= 11 is 0. The molecule has 1 aromatic rings. The lowest BCUT2D eigenvalue weighted by atomic mass is 10.2. The first-order valence-corrected chi connectivity index (χ1v) is 5.79. The average molecular weight is 266 g/mol. The predicted molar refractivity (Wildman–Crippen MR) is 71.1 cm³/mol. The van der Waals surface area contributed by atoms with Crippen molar-refractivity contribution >= 4 is 17.6 Å². The van der Waals surface area contributed by atoms with Crippen molar-refractivity contribution in [3.63, 3.8) is 0 Å². The first-order valence-electron chi connectivity index (χ1n) is 5.79. The number of methoxy groups -OCH3 is 2. The van der Waals surface area contributed by atoms with Crippen LogP contribution in [-0.2, 0) is 14.3 Å². The number of esters is 1. The number of carbonyl (C=O) groups excluding carboxylic acids is 2. The quantitative estimate of drug-likeness (QED) is 0.744. The molecule has 6 nitrogen and oxygen atoms in total. The van der Waals surface area contributed by atoms with E-state index in [-0.39, 0.29) is 12.5 Å². The highest BCUT2D eigenvalue weighted by Gasteiger charge is 2.19. The number of carbonyl (C=O) groups is 2. The zero-order valence-corrected chi connectivity index (χ0v) is 11.2. The Hall–Kier alpha value is -2.24. The SMILES string of the molecule is COC(=O)C(CNc1cccc(OC)c1)NC(C)=O. The molecular formula is C13H18N2O4. The van der Waals surface area contributed by atoms with Crippen molar-refractivity contribution in [1.82, 2.24) is 5.32 Å². The zero-order valence-electron chi connectivity index (χ0n) is 11.2. The molecular weight excluding hydrogens is 248 g/mol. The molecule has 104 valence electrons. The molecule has 0 saturated heterocycles. The summed E-state index contributed by atoms with van der Waals surface area (Å²) in [6, 6.07) is 6.55. The Morgan fingerprint density at radius 3 is 2.63 bits per heavy atom. The van der Waals surface area contributed by atoms with E-state index in [1.807, 2.05) is 18.2 Å². The summed E-state index contributed by atoms with van der Waals surface area (Å²) in [5, 5.41) is 5.57. The van der Waals surface area contributed by atoms with Gasteiger partial charge in [-0.1, -0.05) is 6.07 Å². The molecule has 1 atom stereocenters. The molecule has 0 heterocycles. The molecule has 1 rings (SSSR count). The highest BCUT2D eigenvalue weighted by atomic mass is 16.5. The Morgan fingerprint density at radius 2 is 2.05 bits per heavy atom. The van der Waals surface area contributed by atoms with Crippen molar-refractivity contribution in [3.05, 3.63) is 24.3 Å². The van der Waals surface area contributed by atoms with Crippen molar-refractivity contribution in [3.8, 4) is 5.75 Å². The normalized spacial score (nSPS) is 11.3.